The van der Waals surface area contributed by atoms with Crippen LogP contribution in [0.3, 0.4) is 0 Å². The van der Waals surface area contributed by atoms with E-state index in [1.165, 1.54) is 38.8 Å². The van der Waals surface area contributed by atoms with Crippen molar-refractivity contribution in [3.05, 3.63) is 0 Å². The first-order valence-electron chi connectivity index (χ1n) is 9.54. The fourth-order valence-corrected chi connectivity index (χ4v) is 7.61. The molecule has 1 heteroatoms. The summed E-state index contributed by atoms with van der Waals surface area (Å²) in [6.07, 6.45) is 17.2. The van der Waals surface area contributed by atoms with Gasteiger partial charge in [0, 0.05) is 12.6 Å². The van der Waals surface area contributed by atoms with Gasteiger partial charge in [0.05, 0.1) is 0 Å². The second-order valence-corrected chi connectivity index (χ2v) is 9.29. The normalized spacial score (nSPS) is 54.3. The molecule has 6 fully saturated rings. The van der Waals surface area contributed by atoms with Crippen LogP contribution in [0, 0.1) is 29.1 Å². The van der Waals surface area contributed by atoms with E-state index in [0.29, 0.717) is 0 Å². The summed E-state index contributed by atoms with van der Waals surface area (Å²) in [5.41, 5.74) is 0.779. The number of rotatable bonds is 2. The minimum absolute atomic E-state index is 0.779. The smallest absolute Gasteiger partial charge is 0.0124 e. The third kappa shape index (κ3) is 1.91. The van der Waals surface area contributed by atoms with Gasteiger partial charge >= 0.3 is 0 Å². The Kier molecular flexibility index (Phi) is 2.80. The molecule has 0 N–H and O–H groups in total. The van der Waals surface area contributed by atoms with E-state index in [1.54, 1.807) is 44.9 Å². The summed E-state index contributed by atoms with van der Waals surface area (Å²) in [4.78, 5) is 2.98. The van der Waals surface area contributed by atoms with E-state index in [1.807, 2.05) is 0 Å². The highest BCUT2D eigenvalue weighted by atomic mass is 15.2. The minimum Gasteiger partial charge on any atom is -0.300 e. The van der Waals surface area contributed by atoms with E-state index in [0.717, 1.165) is 35.1 Å². The Hall–Kier alpha value is -0.0400. The molecule has 0 aromatic carbocycles. The van der Waals surface area contributed by atoms with Crippen LogP contribution in [0.5, 0.6) is 0 Å². The third-order valence-electron chi connectivity index (χ3n) is 7.83. The molecular weight excluding hydrogens is 242 g/mol. The fourth-order valence-electron chi connectivity index (χ4n) is 7.61. The first-order chi connectivity index (χ1) is 9.80. The molecule has 112 valence electrons. The van der Waals surface area contributed by atoms with E-state index in [2.05, 4.69) is 4.90 Å². The topological polar surface area (TPSA) is 3.24 Å². The average Bonchev–Trinajstić information content (AvgIpc) is 2.80. The predicted molar refractivity (Wildman–Crippen MR) is 82.5 cm³/mol. The van der Waals surface area contributed by atoms with Crippen LogP contribution in [-0.2, 0) is 0 Å². The summed E-state index contributed by atoms with van der Waals surface area (Å²) < 4.78 is 0. The Bertz CT molecular complexity index is 352. The van der Waals surface area contributed by atoms with Crippen LogP contribution in [0.4, 0.5) is 0 Å². The van der Waals surface area contributed by atoms with Gasteiger partial charge in [0.2, 0.25) is 0 Å². The van der Waals surface area contributed by atoms with Crippen molar-refractivity contribution in [2.45, 2.75) is 76.7 Å². The highest BCUT2D eigenvalue weighted by molar-refractivity contribution is 5.04. The van der Waals surface area contributed by atoms with Gasteiger partial charge in [-0.3, -0.25) is 4.90 Å². The van der Waals surface area contributed by atoms with E-state index in [4.69, 9.17) is 0 Å². The van der Waals surface area contributed by atoms with Gasteiger partial charge in [0.15, 0.2) is 0 Å². The Labute approximate surface area is 124 Å². The van der Waals surface area contributed by atoms with E-state index in [-0.39, 0.29) is 0 Å². The summed E-state index contributed by atoms with van der Waals surface area (Å²) in [5.74, 6) is 4.47. The molecule has 20 heavy (non-hydrogen) atoms. The second-order valence-electron chi connectivity index (χ2n) is 9.29. The Morgan fingerprint density at radius 1 is 0.800 bits per heavy atom. The maximum Gasteiger partial charge on any atom is 0.0124 e. The van der Waals surface area contributed by atoms with Gasteiger partial charge in [-0.05, 0) is 93.4 Å². The van der Waals surface area contributed by atoms with Crippen molar-refractivity contribution in [3.63, 3.8) is 0 Å². The summed E-state index contributed by atoms with van der Waals surface area (Å²) in [6.45, 7) is 2.94. The molecule has 0 amide bonds. The van der Waals surface area contributed by atoms with Gasteiger partial charge in [0.1, 0.15) is 0 Å². The molecule has 1 nitrogen and oxygen atoms in total. The van der Waals surface area contributed by atoms with Gasteiger partial charge in [-0.2, -0.15) is 0 Å². The molecular formula is C19H31N. The van der Waals surface area contributed by atoms with Crippen LogP contribution in [0.2, 0.25) is 0 Å². The Balaban J connectivity index is 1.34. The van der Waals surface area contributed by atoms with Crippen LogP contribution in [0.25, 0.3) is 0 Å². The maximum absolute atomic E-state index is 2.98. The quantitative estimate of drug-likeness (QED) is 0.717. The lowest BCUT2D eigenvalue weighted by molar-refractivity contribution is -0.0726. The van der Waals surface area contributed by atoms with Crippen LogP contribution in [0.1, 0.15) is 70.6 Å². The van der Waals surface area contributed by atoms with Gasteiger partial charge in [-0.1, -0.05) is 12.8 Å². The highest BCUT2D eigenvalue weighted by Gasteiger charge is 2.52. The maximum atomic E-state index is 2.98. The lowest BCUT2D eigenvalue weighted by Gasteiger charge is -2.58. The summed E-state index contributed by atoms with van der Waals surface area (Å²) in [5, 5.41) is 0. The van der Waals surface area contributed by atoms with Gasteiger partial charge in [-0.25, -0.2) is 0 Å². The molecule has 4 bridgehead atoms. The lowest BCUT2D eigenvalue weighted by Crippen LogP contribution is -2.52. The monoisotopic (exact) mass is 273 g/mol. The molecule has 0 spiro atoms. The van der Waals surface area contributed by atoms with E-state index in [9.17, 15) is 0 Å². The molecule has 1 saturated heterocycles. The number of hydrogen-bond acceptors (Lipinski definition) is 1. The predicted octanol–water partition coefficient (Wildman–Crippen LogP) is 4.47. The van der Waals surface area contributed by atoms with Crippen molar-refractivity contribution in [3.8, 4) is 0 Å². The zero-order chi connectivity index (χ0) is 13.2. The zero-order valence-corrected chi connectivity index (χ0v) is 13.0. The molecule has 0 unspecified atom stereocenters. The number of likely N-dealkylation sites (tertiary alicyclic amines) is 1. The molecule has 1 aliphatic heterocycles. The molecule has 0 aromatic heterocycles. The van der Waals surface area contributed by atoms with Crippen molar-refractivity contribution in [1.82, 2.24) is 4.90 Å². The molecule has 2 atom stereocenters. The Morgan fingerprint density at radius 3 is 2.15 bits per heavy atom. The molecule has 0 aromatic rings. The minimum atomic E-state index is 0.779. The Morgan fingerprint density at radius 2 is 1.45 bits per heavy atom. The number of fused-ring (bicyclic) bond motifs is 1. The first kappa shape index (κ1) is 12.5. The van der Waals surface area contributed by atoms with Crippen LogP contribution < -0.4 is 0 Å². The van der Waals surface area contributed by atoms with Crippen molar-refractivity contribution < 1.29 is 0 Å². The van der Waals surface area contributed by atoms with Gasteiger partial charge in [0.25, 0.3) is 0 Å². The number of hydrogen-bond donors (Lipinski definition) is 0. The van der Waals surface area contributed by atoms with Crippen LogP contribution in [-0.4, -0.2) is 24.0 Å². The molecule has 5 aliphatic carbocycles. The summed E-state index contributed by atoms with van der Waals surface area (Å²) >= 11 is 0. The van der Waals surface area contributed by atoms with Crippen molar-refractivity contribution in [2.75, 3.05) is 13.1 Å². The largest absolute Gasteiger partial charge is 0.300 e. The third-order valence-corrected chi connectivity index (χ3v) is 7.83. The highest BCUT2D eigenvalue weighted by Crippen LogP contribution is 2.60. The molecule has 0 radical (unpaired) electrons. The van der Waals surface area contributed by atoms with E-state index >= 15 is 0 Å². The summed E-state index contributed by atoms with van der Waals surface area (Å²) in [6, 6.07) is 0.997. The lowest BCUT2D eigenvalue weighted by atomic mass is 9.49. The van der Waals surface area contributed by atoms with E-state index < -0.39 is 0 Å². The van der Waals surface area contributed by atoms with Gasteiger partial charge < -0.3 is 0 Å². The number of nitrogens with zero attached hydrogens (tertiary/aromatic N) is 1. The zero-order valence-electron chi connectivity index (χ0n) is 13.0. The molecule has 6 aliphatic rings. The standard InChI is InChI=1S/C19H31N/c1-2-4-18-17(3-1)5-6-20(18)13-19-10-14-7-15(11-19)9-16(8-14)12-19/h14-18H,1-13H2/t14?,15?,16?,17-,18+,19?/m1/s1. The van der Waals surface area contributed by atoms with Crippen molar-refractivity contribution >= 4 is 0 Å². The molecule has 6 rings (SSSR count). The molecule has 5 saturated carbocycles. The average molecular weight is 273 g/mol. The first-order valence-corrected chi connectivity index (χ1v) is 9.54. The second kappa shape index (κ2) is 4.48. The van der Waals surface area contributed by atoms with Gasteiger partial charge in [-0.15, -0.1) is 0 Å². The van der Waals surface area contributed by atoms with Crippen molar-refractivity contribution in [1.29, 1.82) is 0 Å². The fraction of sp³-hybridized carbons (Fsp3) is 1.00. The SMILES string of the molecule is C1CC[C@H]2[C@H](C1)CCN2CC12CC3CC(CC(C3)C1)C2. The van der Waals surface area contributed by atoms with Crippen LogP contribution >= 0.6 is 0 Å². The molecule has 1 heterocycles. The van der Waals surface area contributed by atoms with Crippen LogP contribution in [0.15, 0.2) is 0 Å². The summed E-state index contributed by atoms with van der Waals surface area (Å²) in [7, 11) is 0. The van der Waals surface area contributed by atoms with Crippen molar-refractivity contribution in [2.24, 2.45) is 29.1 Å².